The summed E-state index contributed by atoms with van der Waals surface area (Å²) < 4.78 is 16.5. The highest BCUT2D eigenvalue weighted by Crippen LogP contribution is 2.20. The van der Waals surface area contributed by atoms with Crippen molar-refractivity contribution in [3.63, 3.8) is 0 Å². The molecular weight excluding hydrogens is 262 g/mol. The van der Waals surface area contributed by atoms with Gasteiger partial charge in [0, 0.05) is 23.8 Å². The molecule has 104 valence electrons. The van der Waals surface area contributed by atoms with Crippen LogP contribution in [0.15, 0.2) is 12.3 Å². The maximum Gasteiger partial charge on any atom is 0.180 e. The number of hydrogen-bond donors (Lipinski definition) is 1. The molecule has 0 aliphatic carbocycles. The van der Waals surface area contributed by atoms with Gasteiger partial charge in [-0.25, -0.2) is 4.68 Å². The Labute approximate surface area is 115 Å². The van der Waals surface area contributed by atoms with Crippen LogP contribution in [0.4, 0.5) is 0 Å². The molecule has 0 radical (unpaired) electrons. The lowest BCUT2D eigenvalue weighted by Crippen LogP contribution is -2.40. The molecule has 0 aliphatic rings. The second kappa shape index (κ2) is 5.07. The molecule has 2 unspecified atom stereocenters. The summed E-state index contributed by atoms with van der Waals surface area (Å²) in [6, 6.07) is 1.80. The van der Waals surface area contributed by atoms with Crippen LogP contribution in [0.5, 0.6) is 0 Å². The van der Waals surface area contributed by atoms with Gasteiger partial charge in [-0.2, -0.15) is 10.2 Å². The molecule has 7 heteroatoms. The summed E-state index contributed by atoms with van der Waals surface area (Å²) in [5, 5.41) is 13.4. The topological polar surface area (TPSA) is 78.7 Å². The summed E-state index contributed by atoms with van der Waals surface area (Å²) >= 11 is -1.14. The highest BCUT2D eigenvalue weighted by molar-refractivity contribution is 7.90. The smallest absolute Gasteiger partial charge is 0.180 e. The Kier molecular flexibility index (Phi) is 3.80. The molecule has 0 amide bonds. The van der Waals surface area contributed by atoms with E-state index < -0.39 is 11.4 Å². The van der Waals surface area contributed by atoms with Crippen LogP contribution in [-0.2, 0) is 18.4 Å². The van der Waals surface area contributed by atoms with Gasteiger partial charge in [0.1, 0.15) is 4.75 Å². The van der Waals surface area contributed by atoms with Crippen LogP contribution in [0.1, 0.15) is 39.4 Å². The van der Waals surface area contributed by atoms with E-state index in [1.54, 1.807) is 10.9 Å². The molecular formula is C12H19N5OS. The number of hydrogen-bond acceptors (Lipinski definition) is 5. The van der Waals surface area contributed by atoms with Crippen LogP contribution >= 0.6 is 0 Å². The van der Waals surface area contributed by atoms with Crippen molar-refractivity contribution in [2.24, 2.45) is 7.05 Å². The summed E-state index contributed by atoms with van der Waals surface area (Å²) in [6.45, 7) is 7.71. The van der Waals surface area contributed by atoms with Crippen molar-refractivity contribution in [3.05, 3.63) is 18.0 Å². The molecule has 0 saturated carbocycles. The quantitative estimate of drug-likeness (QED) is 0.862. The van der Waals surface area contributed by atoms with Crippen molar-refractivity contribution < 1.29 is 4.55 Å². The molecule has 2 aromatic heterocycles. The zero-order valence-corrected chi connectivity index (χ0v) is 12.7. The first-order valence-corrected chi connectivity index (χ1v) is 7.27. The number of fused-ring (bicyclic) bond motifs is 1. The highest BCUT2D eigenvalue weighted by atomic mass is 32.2. The molecule has 2 atom stereocenters. The van der Waals surface area contributed by atoms with Gasteiger partial charge in [-0.05, 0) is 33.8 Å². The minimum atomic E-state index is -1.14. The molecule has 2 heterocycles. The molecule has 0 spiro atoms. The molecule has 0 aromatic carbocycles. The largest absolute Gasteiger partial charge is 0.598 e. The molecule has 19 heavy (non-hydrogen) atoms. The normalized spacial score (nSPS) is 15.7. The van der Waals surface area contributed by atoms with Gasteiger partial charge in [-0.3, -0.25) is 0 Å². The Morgan fingerprint density at radius 3 is 2.68 bits per heavy atom. The van der Waals surface area contributed by atoms with Crippen LogP contribution < -0.4 is 4.72 Å². The first kappa shape index (κ1) is 14.2. The molecule has 0 fully saturated rings. The molecule has 2 aromatic rings. The number of nitrogens with zero attached hydrogens (tertiary/aromatic N) is 4. The first-order chi connectivity index (χ1) is 8.79. The SMILES string of the molecule is CC(N[S+]([O-])C(C)(C)C)c1cc2cnn(C)c2nn1. The lowest BCUT2D eigenvalue weighted by molar-refractivity contribution is 0.528. The van der Waals surface area contributed by atoms with Crippen molar-refractivity contribution >= 4 is 22.4 Å². The zero-order chi connectivity index (χ0) is 14.2. The van der Waals surface area contributed by atoms with Gasteiger partial charge in [-0.15, -0.1) is 9.82 Å². The third kappa shape index (κ3) is 3.05. The zero-order valence-electron chi connectivity index (χ0n) is 11.8. The summed E-state index contributed by atoms with van der Waals surface area (Å²) in [6.07, 6.45) is 1.75. The Bertz CT molecular complexity index is 577. The predicted molar refractivity (Wildman–Crippen MR) is 75.8 cm³/mol. The van der Waals surface area contributed by atoms with E-state index in [4.69, 9.17) is 0 Å². The summed E-state index contributed by atoms with van der Waals surface area (Å²) in [5.41, 5.74) is 1.51. The van der Waals surface area contributed by atoms with Gasteiger partial charge in [0.15, 0.2) is 5.65 Å². The average molecular weight is 281 g/mol. The molecule has 0 aliphatic heterocycles. The van der Waals surface area contributed by atoms with E-state index >= 15 is 0 Å². The minimum Gasteiger partial charge on any atom is -0.598 e. The van der Waals surface area contributed by atoms with Gasteiger partial charge in [-0.1, -0.05) is 0 Å². The second-order valence-electron chi connectivity index (χ2n) is 5.54. The standard InChI is InChI=1S/C12H19N5OS/c1-8(16-19(18)12(2,3)4)10-6-9-7-13-17(5)11(9)15-14-10/h6-8,16H,1-5H3. The molecule has 0 saturated heterocycles. The van der Waals surface area contributed by atoms with E-state index in [1.165, 1.54) is 0 Å². The highest BCUT2D eigenvalue weighted by Gasteiger charge is 2.28. The first-order valence-electron chi connectivity index (χ1n) is 6.12. The lowest BCUT2D eigenvalue weighted by atomic mass is 10.2. The van der Waals surface area contributed by atoms with Gasteiger partial charge in [0.2, 0.25) is 0 Å². The second-order valence-corrected chi connectivity index (χ2v) is 7.53. The number of aromatic nitrogens is 4. The molecule has 6 nitrogen and oxygen atoms in total. The van der Waals surface area contributed by atoms with Crippen LogP contribution in [0.2, 0.25) is 0 Å². The maximum absolute atomic E-state index is 12.1. The average Bonchev–Trinajstić information content (AvgIpc) is 2.69. The van der Waals surface area contributed by atoms with Crippen LogP contribution in [-0.4, -0.2) is 29.3 Å². The third-order valence-electron chi connectivity index (χ3n) is 2.78. The van der Waals surface area contributed by atoms with E-state index in [-0.39, 0.29) is 10.8 Å². The molecule has 2 rings (SSSR count). The number of rotatable bonds is 3. The number of nitrogens with one attached hydrogen (secondary N) is 1. The fraction of sp³-hybridized carbons (Fsp3) is 0.583. The monoisotopic (exact) mass is 281 g/mol. The number of aryl methyl sites for hydroxylation is 1. The van der Waals surface area contributed by atoms with E-state index in [9.17, 15) is 4.55 Å². The Morgan fingerprint density at radius 1 is 1.37 bits per heavy atom. The van der Waals surface area contributed by atoms with Crippen LogP contribution in [0, 0.1) is 0 Å². The fourth-order valence-electron chi connectivity index (χ4n) is 1.57. The van der Waals surface area contributed by atoms with Gasteiger partial charge in [0.05, 0.1) is 17.9 Å². The van der Waals surface area contributed by atoms with Crippen molar-refractivity contribution in [3.8, 4) is 0 Å². The summed E-state index contributed by atoms with van der Waals surface area (Å²) in [5.74, 6) is 0. The van der Waals surface area contributed by atoms with E-state index in [2.05, 4.69) is 20.0 Å². The van der Waals surface area contributed by atoms with Crippen molar-refractivity contribution in [1.82, 2.24) is 24.7 Å². The Hall–Kier alpha value is -1.18. The Morgan fingerprint density at radius 2 is 2.05 bits per heavy atom. The molecule has 0 bridgehead atoms. The van der Waals surface area contributed by atoms with Gasteiger partial charge in [0.25, 0.3) is 0 Å². The Balaban J connectivity index is 2.19. The van der Waals surface area contributed by atoms with Crippen LogP contribution in [0.3, 0.4) is 0 Å². The van der Waals surface area contributed by atoms with E-state index in [0.29, 0.717) is 0 Å². The van der Waals surface area contributed by atoms with Crippen LogP contribution in [0.25, 0.3) is 11.0 Å². The van der Waals surface area contributed by atoms with Crippen molar-refractivity contribution in [2.45, 2.75) is 38.5 Å². The van der Waals surface area contributed by atoms with Crippen molar-refractivity contribution in [1.29, 1.82) is 0 Å². The minimum absolute atomic E-state index is 0.128. The van der Waals surface area contributed by atoms with Crippen molar-refractivity contribution in [2.75, 3.05) is 0 Å². The van der Waals surface area contributed by atoms with Gasteiger partial charge < -0.3 is 4.55 Å². The van der Waals surface area contributed by atoms with Gasteiger partial charge >= 0.3 is 0 Å². The summed E-state index contributed by atoms with van der Waals surface area (Å²) in [7, 11) is 1.83. The fourth-order valence-corrected chi connectivity index (χ4v) is 2.37. The lowest BCUT2D eigenvalue weighted by Gasteiger charge is -2.26. The third-order valence-corrected chi connectivity index (χ3v) is 4.46. The summed E-state index contributed by atoms with van der Waals surface area (Å²) in [4.78, 5) is 0. The maximum atomic E-state index is 12.1. The predicted octanol–water partition coefficient (Wildman–Crippen LogP) is 1.48. The van der Waals surface area contributed by atoms with E-state index in [0.717, 1.165) is 16.7 Å². The van der Waals surface area contributed by atoms with E-state index in [1.807, 2.05) is 40.8 Å². The molecule has 1 N–H and O–H groups in total.